The average molecular weight is 517 g/mol. The molecule has 2 bridgehead atoms. The molecule has 0 unspecified atom stereocenters. The number of anilines is 1. The Hall–Kier alpha value is -4.02. The van der Waals surface area contributed by atoms with Gasteiger partial charge in [0.05, 0.1) is 33.6 Å². The minimum absolute atomic E-state index is 0.142. The SMILES string of the molecule is Cc1ccc(N2C(=O)[C@H]3C4c5ccccc5C(C=Nc5ccccc5Cl)(c5ccccc54)[C@H]3C2=O)c(C)c1. The highest BCUT2D eigenvalue weighted by atomic mass is 35.5. The van der Waals surface area contributed by atoms with E-state index >= 15 is 0 Å². The van der Waals surface area contributed by atoms with Crippen molar-refractivity contribution < 1.29 is 9.59 Å². The minimum atomic E-state index is -0.911. The van der Waals surface area contributed by atoms with Gasteiger partial charge in [0.1, 0.15) is 0 Å². The highest BCUT2D eigenvalue weighted by Crippen LogP contribution is 2.64. The zero-order chi connectivity index (χ0) is 26.2. The van der Waals surface area contributed by atoms with E-state index in [0.717, 1.165) is 33.4 Å². The summed E-state index contributed by atoms with van der Waals surface area (Å²) in [6, 6.07) is 29.7. The van der Waals surface area contributed by atoms with Crippen LogP contribution in [0.1, 0.15) is 39.3 Å². The number of aryl methyl sites for hydroxylation is 2. The lowest BCUT2D eigenvalue weighted by molar-refractivity contribution is -0.122. The molecule has 0 spiro atoms. The summed E-state index contributed by atoms with van der Waals surface area (Å²) in [6.07, 6.45) is 1.88. The smallest absolute Gasteiger partial charge is 0.239 e. The number of rotatable bonds is 3. The fraction of sp³-hybridized carbons (Fsp3) is 0.182. The van der Waals surface area contributed by atoms with Gasteiger partial charge in [-0.15, -0.1) is 0 Å². The van der Waals surface area contributed by atoms with E-state index < -0.39 is 17.3 Å². The number of imide groups is 1. The van der Waals surface area contributed by atoms with Crippen molar-refractivity contribution in [2.75, 3.05) is 4.90 Å². The van der Waals surface area contributed by atoms with Crippen LogP contribution in [0.3, 0.4) is 0 Å². The van der Waals surface area contributed by atoms with E-state index in [1.807, 2.05) is 80.7 Å². The molecule has 0 radical (unpaired) electrons. The highest BCUT2D eigenvalue weighted by Gasteiger charge is 2.68. The Morgan fingerprint density at radius 3 is 2.11 bits per heavy atom. The number of aliphatic imine (C=N–C) groups is 1. The summed E-state index contributed by atoms with van der Waals surface area (Å²) < 4.78 is 0. The molecule has 0 saturated carbocycles. The molecule has 4 aromatic carbocycles. The normalized spacial score (nSPS) is 25.0. The molecule has 1 heterocycles. The van der Waals surface area contributed by atoms with Crippen LogP contribution in [-0.4, -0.2) is 18.0 Å². The summed E-state index contributed by atoms with van der Waals surface area (Å²) in [5, 5.41) is 0.536. The first-order valence-electron chi connectivity index (χ1n) is 12.9. The van der Waals surface area contributed by atoms with Crippen molar-refractivity contribution in [1.29, 1.82) is 0 Å². The van der Waals surface area contributed by atoms with E-state index in [2.05, 4.69) is 24.3 Å². The van der Waals surface area contributed by atoms with Gasteiger partial charge in [-0.2, -0.15) is 0 Å². The maximum Gasteiger partial charge on any atom is 0.239 e. The van der Waals surface area contributed by atoms with Gasteiger partial charge in [0.2, 0.25) is 11.8 Å². The lowest BCUT2D eigenvalue weighted by Crippen LogP contribution is -2.54. The van der Waals surface area contributed by atoms with E-state index in [1.165, 1.54) is 4.90 Å². The van der Waals surface area contributed by atoms with Crippen LogP contribution in [0.2, 0.25) is 5.02 Å². The van der Waals surface area contributed by atoms with Gasteiger partial charge < -0.3 is 0 Å². The number of amides is 2. The Morgan fingerprint density at radius 1 is 0.816 bits per heavy atom. The van der Waals surface area contributed by atoms with E-state index in [-0.39, 0.29) is 17.7 Å². The summed E-state index contributed by atoms with van der Waals surface area (Å²) in [6.45, 7) is 3.97. The lowest BCUT2D eigenvalue weighted by atomic mass is 9.47. The van der Waals surface area contributed by atoms with Crippen molar-refractivity contribution in [2.45, 2.75) is 25.2 Å². The van der Waals surface area contributed by atoms with Crippen molar-refractivity contribution in [2.24, 2.45) is 16.8 Å². The Bertz CT molecular complexity index is 1640. The lowest BCUT2D eigenvalue weighted by Gasteiger charge is -2.52. The van der Waals surface area contributed by atoms with E-state index in [9.17, 15) is 9.59 Å². The van der Waals surface area contributed by atoms with Crippen LogP contribution >= 0.6 is 11.6 Å². The molecular weight excluding hydrogens is 492 g/mol. The number of nitrogens with zero attached hydrogens (tertiary/aromatic N) is 2. The standard InChI is InChI=1S/C33H25ClN2O2/c1-19-15-16-27(20(2)17-19)36-31(37)29-28-21-9-3-5-11-23(21)33(30(29)32(36)38,24-12-6-4-10-22(24)28)18-35-26-14-8-7-13-25(26)34/h3-18,28-30H,1-2H3/t28?,29-,30+,33?/m0/s1. The molecule has 8 rings (SSSR count). The van der Waals surface area contributed by atoms with E-state index in [0.29, 0.717) is 16.4 Å². The quantitative estimate of drug-likeness (QED) is 0.219. The second kappa shape index (κ2) is 8.24. The third kappa shape index (κ3) is 2.95. The highest BCUT2D eigenvalue weighted by molar-refractivity contribution is 6.33. The van der Waals surface area contributed by atoms with Crippen molar-refractivity contribution in [3.63, 3.8) is 0 Å². The van der Waals surface area contributed by atoms with Crippen molar-refractivity contribution in [3.8, 4) is 0 Å². The number of benzene rings is 4. The molecule has 2 atom stereocenters. The fourth-order valence-electron chi connectivity index (χ4n) is 7.07. The average Bonchev–Trinajstić information content (AvgIpc) is 3.19. The Balaban J connectivity index is 1.52. The molecule has 186 valence electrons. The molecule has 2 amide bonds. The van der Waals surface area contributed by atoms with Gasteiger partial charge in [-0.05, 0) is 59.9 Å². The molecular formula is C33H25ClN2O2. The molecule has 1 saturated heterocycles. The number of carbonyl (C=O) groups excluding carboxylic acids is 2. The second-order valence-corrected chi connectivity index (χ2v) is 10.9. The first kappa shape index (κ1) is 23.1. The number of hydrogen-bond donors (Lipinski definition) is 0. The molecule has 1 fully saturated rings. The van der Waals surface area contributed by atoms with Crippen molar-refractivity contribution in [3.05, 3.63) is 129 Å². The zero-order valence-corrected chi connectivity index (χ0v) is 21.8. The predicted octanol–water partition coefficient (Wildman–Crippen LogP) is 6.91. The summed E-state index contributed by atoms with van der Waals surface area (Å²) in [5.41, 5.74) is 6.61. The summed E-state index contributed by atoms with van der Waals surface area (Å²) in [5.74, 6) is -1.65. The van der Waals surface area contributed by atoms with Gasteiger partial charge in [-0.3, -0.25) is 14.6 Å². The summed E-state index contributed by atoms with van der Waals surface area (Å²) in [4.78, 5) is 35.1. The van der Waals surface area contributed by atoms with Crippen LogP contribution in [0.4, 0.5) is 11.4 Å². The van der Waals surface area contributed by atoms with Crippen LogP contribution in [0.25, 0.3) is 0 Å². The molecule has 0 N–H and O–H groups in total. The number of para-hydroxylation sites is 1. The maximum atomic E-state index is 14.5. The molecule has 5 heteroatoms. The molecule has 3 aliphatic carbocycles. The predicted molar refractivity (Wildman–Crippen MR) is 150 cm³/mol. The van der Waals surface area contributed by atoms with Crippen LogP contribution in [0.5, 0.6) is 0 Å². The topological polar surface area (TPSA) is 49.7 Å². The Morgan fingerprint density at radius 2 is 1.45 bits per heavy atom. The number of halogens is 1. The van der Waals surface area contributed by atoms with Gasteiger partial charge in [-0.1, -0.05) is 90.0 Å². The molecule has 0 aromatic heterocycles. The van der Waals surface area contributed by atoms with Crippen LogP contribution in [-0.2, 0) is 15.0 Å². The van der Waals surface area contributed by atoms with Crippen molar-refractivity contribution >= 4 is 41.0 Å². The molecule has 4 aromatic rings. The maximum absolute atomic E-state index is 14.5. The number of hydrogen-bond acceptors (Lipinski definition) is 3. The molecule has 38 heavy (non-hydrogen) atoms. The first-order valence-corrected chi connectivity index (χ1v) is 13.2. The van der Waals surface area contributed by atoms with Crippen LogP contribution < -0.4 is 4.90 Å². The fourth-order valence-corrected chi connectivity index (χ4v) is 7.26. The third-order valence-electron chi connectivity index (χ3n) is 8.54. The zero-order valence-electron chi connectivity index (χ0n) is 21.1. The third-order valence-corrected chi connectivity index (χ3v) is 8.86. The monoisotopic (exact) mass is 516 g/mol. The molecule has 4 nitrogen and oxygen atoms in total. The van der Waals surface area contributed by atoms with Gasteiger partial charge in [0.25, 0.3) is 0 Å². The summed E-state index contributed by atoms with van der Waals surface area (Å²) in [7, 11) is 0. The van der Waals surface area contributed by atoms with Gasteiger partial charge in [0.15, 0.2) is 0 Å². The van der Waals surface area contributed by atoms with E-state index in [4.69, 9.17) is 16.6 Å². The Labute approximate surface area is 226 Å². The van der Waals surface area contributed by atoms with Crippen molar-refractivity contribution in [1.82, 2.24) is 0 Å². The van der Waals surface area contributed by atoms with Crippen LogP contribution in [0, 0.1) is 25.7 Å². The van der Waals surface area contributed by atoms with Gasteiger partial charge >= 0.3 is 0 Å². The van der Waals surface area contributed by atoms with E-state index in [1.54, 1.807) is 6.07 Å². The first-order chi connectivity index (χ1) is 18.4. The summed E-state index contributed by atoms with van der Waals surface area (Å²) >= 11 is 6.49. The molecule has 1 aliphatic heterocycles. The van der Waals surface area contributed by atoms with Gasteiger partial charge in [-0.25, -0.2) is 4.90 Å². The Kier molecular flexibility index (Phi) is 5.01. The van der Waals surface area contributed by atoms with Crippen LogP contribution in [0.15, 0.2) is 96.0 Å². The minimum Gasteiger partial charge on any atom is -0.274 e. The second-order valence-electron chi connectivity index (χ2n) is 10.5. The largest absolute Gasteiger partial charge is 0.274 e. The number of carbonyl (C=O) groups is 2. The molecule has 4 aliphatic rings. The van der Waals surface area contributed by atoms with Gasteiger partial charge in [0, 0.05) is 12.1 Å².